The van der Waals surface area contributed by atoms with Crippen LogP contribution < -0.4 is 11.1 Å². The molecule has 0 bridgehead atoms. The molecule has 1 unspecified atom stereocenters. The van der Waals surface area contributed by atoms with Crippen molar-refractivity contribution in [1.82, 2.24) is 10.3 Å². The predicted molar refractivity (Wildman–Crippen MR) is 105 cm³/mol. The van der Waals surface area contributed by atoms with Crippen molar-refractivity contribution in [1.29, 1.82) is 0 Å². The van der Waals surface area contributed by atoms with Gasteiger partial charge in [-0.25, -0.2) is 0 Å². The van der Waals surface area contributed by atoms with E-state index >= 15 is 0 Å². The Bertz CT molecular complexity index is 706. The Hall–Kier alpha value is -2.20. The minimum absolute atomic E-state index is 0.00617. The maximum absolute atomic E-state index is 12.6. The Morgan fingerprint density at radius 2 is 1.88 bits per heavy atom. The molecular formula is C22H29N3O. The minimum Gasteiger partial charge on any atom is -0.350 e. The first-order chi connectivity index (χ1) is 12.6. The zero-order valence-corrected chi connectivity index (χ0v) is 15.6. The number of carbonyl (C=O) groups excluding carboxylic acids is 1. The molecule has 1 amide bonds. The van der Waals surface area contributed by atoms with E-state index in [1.54, 1.807) is 6.20 Å². The van der Waals surface area contributed by atoms with Crippen LogP contribution in [-0.4, -0.2) is 17.4 Å². The highest BCUT2D eigenvalue weighted by atomic mass is 16.1. The first-order valence-corrected chi connectivity index (χ1v) is 9.62. The molecule has 138 valence electrons. The molecule has 2 aromatic rings. The number of nitrogens with zero attached hydrogens (tertiary/aromatic N) is 1. The van der Waals surface area contributed by atoms with Gasteiger partial charge in [0.25, 0.3) is 0 Å². The van der Waals surface area contributed by atoms with Crippen LogP contribution in [0.2, 0.25) is 0 Å². The lowest BCUT2D eigenvalue weighted by atomic mass is 9.71. The number of hydrogen-bond donors (Lipinski definition) is 2. The van der Waals surface area contributed by atoms with E-state index in [1.165, 1.54) is 19.3 Å². The fraction of sp³-hybridized carbons (Fsp3) is 0.455. The number of amides is 1. The molecule has 1 aromatic carbocycles. The average Bonchev–Trinajstić information content (AvgIpc) is 2.69. The molecule has 0 saturated heterocycles. The number of benzene rings is 1. The Morgan fingerprint density at radius 1 is 1.15 bits per heavy atom. The molecule has 1 aromatic heterocycles. The van der Waals surface area contributed by atoms with Gasteiger partial charge in [-0.1, -0.05) is 49.6 Å². The highest BCUT2D eigenvalue weighted by Crippen LogP contribution is 2.38. The molecule has 1 atom stereocenters. The second kappa shape index (κ2) is 8.45. The highest BCUT2D eigenvalue weighted by Gasteiger charge is 2.33. The quantitative estimate of drug-likeness (QED) is 0.818. The van der Waals surface area contributed by atoms with Crippen LogP contribution in [0.3, 0.4) is 0 Å². The molecule has 1 fully saturated rings. The normalized spacial score (nSPS) is 17.5. The van der Waals surface area contributed by atoms with Crippen molar-refractivity contribution in [3.8, 4) is 11.1 Å². The molecule has 0 radical (unpaired) electrons. The molecule has 26 heavy (non-hydrogen) atoms. The Balaban J connectivity index is 1.60. The summed E-state index contributed by atoms with van der Waals surface area (Å²) in [5.41, 5.74) is 9.35. The van der Waals surface area contributed by atoms with Crippen molar-refractivity contribution in [3.05, 3.63) is 54.4 Å². The summed E-state index contributed by atoms with van der Waals surface area (Å²) in [5, 5.41) is 3.15. The summed E-state index contributed by atoms with van der Waals surface area (Å²) >= 11 is 0. The minimum atomic E-state index is -0.0103. The summed E-state index contributed by atoms with van der Waals surface area (Å²) in [6, 6.07) is 12.3. The van der Waals surface area contributed by atoms with E-state index in [0.717, 1.165) is 29.5 Å². The van der Waals surface area contributed by atoms with E-state index < -0.39 is 0 Å². The molecule has 3 N–H and O–H groups in total. The second-order valence-electron chi connectivity index (χ2n) is 7.59. The van der Waals surface area contributed by atoms with E-state index in [0.29, 0.717) is 13.0 Å². The molecule has 0 aliphatic heterocycles. The van der Waals surface area contributed by atoms with Gasteiger partial charge in [-0.15, -0.1) is 0 Å². The zero-order valence-electron chi connectivity index (χ0n) is 15.6. The largest absolute Gasteiger partial charge is 0.350 e. The van der Waals surface area contributed by atoms with Crippen LogP contribution in [0.15, 0.2) is 48.8 Å². The fourth-order valence-electron chi connectivity index (χ4n) is 3.97. The van der Waals surface area contributed by atoms with Gasteiger partial charge in [0.2, 0.25) is 5.91 Å². The van der Waals surface area contributed by atoms with Crippen LogP contribution in [-0.2, 0) is 4.79 Å². The number of carbonyl (C=O) groups is 1. The number of hydrogen-bond acceptors (Lipinski definition) is 3. The third-order valence-electron chi connectivity index (χ3n) is 5.67. The van der Waals surface area contributed by atoms with Gasteiger partial charge in [-0.05, 0) is 54.5 Å². The average molecular weight is 351 g/mol. The van der Waals surface area contributed by atoms with Crippen LogP contribution in [0.5, 0.6) is 0 Å². The van der Waals surface area contributed by atoms with Gasteiger partial charge >= 0.3 is 0 Å². The number of nitrogens with two attached hydrogens (primary N) is 1. The van der Waals surface area contributed by atoms with Gasteiger partial charge in [-0.2, -0.15) is 0 Å². The molecule has 0 spiro atoms. The summed E-state index contributed by atoms with van der Waals surface area (Å²) in [7, 11) is 0. The predicted octanol–water partition coefficient (Wildman–Crippen LogP) is 4.23. The third-order valence-corrected chi connectivity index (χ3v) is 5.67. The Kier molecular flexibility index (Phi) is 6.04. The van der Waals surface area contributed by atoms with E-state index in [2.05, 4.69) is 34.6 Å². The van der Waals surface area contributed by atoms with Gasteiger partial charge in [0.05, 0.1) is 6.04 Å². The van der Waals surface area contributed by atoms with E-state index in [9.17, 15) is 4.79 Å². The lowest BCUT2D eigenvalue weighted by Gasteiger charge is -2.36. The van der Waals surface area contributed by atoms with Crippen molar-refractivity contribution in [3.63, 3.8) is 0 Å². The molecule has 1 saturated carbocycles. The topological polar surface area (TPSA) is 68.0 Å². The smallest absolute Gasteiger partial charge is 0.221 e. The molecule has 1 aliphatic rings. The molecular weight excluding hydrogens is 322 g/mol. The van der Waals surface area contributed by atoms with E-state index in [4.69, 9.17) is 5.73 Å². The van der Waals surface area contributed by atoms with Gasteiger partial charge < -0.3 is 11.1 Å². The molecule has 4 heteroatoms. The number of aromatic nitrogens is 1. The Morgan fingerprint density at radius 3 is 2.50 bits per heavy atom. The van der Waals surface area contributed by atoms with Crippen molar-refractivity contribution in [2.75, 3.05) is 6.54 Å². The van der Waals surface area contributed by atoms with Crippen molar-refractivity contribution >= 4 is 5.91 Å². The zero-order chi connectivity index (χ0) is 18.4. The van der Waals surface area contributed by atoms with Crippen molar-refractivity contribution < 1.29 is 4.79 Å². The van der Waals surface area contributed by atoms with E-state index in [-0.39, 0.29) is 17.4 Å². The maximum Gasteiger partial charge on any atom is 0.221 e. The van der Waals surface area contributed by atoms with Crippen molar-refractivity contribution in [2.45, 2.75) is 51.5 Å². The van der Waals surface area contributed by atoms with Crippen LogP contribution in [0.4, 0.5) is 0 Å². The SMILES string of the molecule is CC(NC(=O)CC1(CN)CCCCC1)c1ccc(-c2cccnc2)cc1. The van der Waals surface area contributed by atoms with Crippen LogP contribution in [0, 0.1) is 5.41 Å². The second-order valence-corrected chi connectivity index (χ2v) is 7.59. The maximum atomic E-state index is 12.6. The highest BCUT2D eigenvalue weighted by molar-refractivity contribution is 5.77. The summed E-state index contributed by atoms with van der Waals surface area (Å²) in [5.74, 6) is 0.112. The van der Waals surface area contributed by atoms with Crippen LogP contribution in [0.25, 0.3) is 11.1 Å². The summed E-state index contributed by atoms with van der Waals surface area (Å²) in [6.07, 6.45) is 9.97. The first kappa shape index (κ1) is 18.6. The summed E-state index contributed by atoms with van der Waals surface area (Å²) in [6.45, 7) is 2.64. The summed E-state index contributed by atoms with van der Waals surface area (Å²) in [4.78, 5) is 16.7. The standard InChI is InChI=1S/C22H29N3O/c1-17(25-21(26)14-22(16-23)11-3-2-4-12-22)18-7-9-19(10-8-18)20-6-5-13-24-15-20/h5-10,13,15,17H,2-4,11-12,14,16,23H2,1H3,(H,25,26). The van der Waals surface area contributed by atoms with Crippen molar-refractivity contribution in [2.24, 2.45) is 11.1 Å². The molecule has 1 aliphatic carbocycles. The number of rotatable bonds is 6. The monoisotopic (exact) mass is 351 g/mol. The van der Waals surface area contributed by atoms with E-state index in [1.807, 2.05) is 25.3 Å². The van der Waals surface area contributed by atoms with Gasteiger partial charge in [0.1, 0.15) is 0 Å². The molecule has 3 rings (SSSR count). The van der Waals surface area contributed by atoms with Gasteiger partial charge in [0.15, 0.2) is 0 Å². The third kappa shape index (κ3) is 4.50. The molecule has 4 nitrogen and oxygen atoms in total. The van der Waals surface area contributed by atoms with Gasteiger partial charge in [-0.3, -0.25) is 9.78 Å². The lowest BCUT2D eigenvalue weighted by molar-refractivity contribution is -0.124. The Labute approximate surface area is 156 Å². The first-order valence-electron chi connectivity index (χ1n) is 9.62. The molecule has 1 heterocycles. The van der Waals surface area contributed by atoms with Gasteiger partial charge in [0, 0.05) is 18.8 Å². The fourth-order valence-corrected chi connectivity index (χ4v) is 3.97. The number of pyridine rings is 1. The summed E-state index contributed by atoms with van der Waals surface area (Å²) < 4.78 is 0. The lowest BCUT2D eigenvalue weighted by Crippen LogP contribution is -2.39. The van der Waals surface area contributed by atoms with Crippen LogP contribution in [0.1, 0.15) is 57.1 Å². The number of nitrogens with one attached hydrogen (secondary N) is 1. The van der Waals surface area contributed by atoms with Crippen LogP contribution >= 0.6 is 0 Å².